The molecule has 1 atom stereocenters. The number of rotatable bonds is 3. The Kier molecular flexibility index (Phi) is 3.64. The lowest BCUT2D eigenvalue weighted by Crippen LogP contribution is -2.16. The van der Waals surface area contributed by atoms with Crippen molar-refractivity contribution in [2.45, 2.75) is 13.0 Å². The van der Waals surface area contributed by atoms with Gasteiger partial charge in [-0.2, -0.15) is 0 Å². The molecular formula is C13H13NO2S. The smallest absolute Gasteiger partial charge is 0.329 e. The lowest BCUT2D eigenvalue weighted by Gasteiger charge is -1.94. The molecule has 0 radical (unpaired) electrons. The van der Waals surface area contributed by atoms with Crippen LogP contribution >= 0.6 is 11.8 Å². The maximum Gasteiger partial charge on any atom is 0.329 e. The summed E-state index contributed by atoms with van der Waals surface area (Å²) in [5.41, 5.74) is 2.32. The average Bonchev–Trinajstić information content (AvgIpc) is 2.77. The number of nitrogens with zero attached hydrogens (tertiary/aromatic N) is 1. The molecule has 0 unspecified atom stereocenters. The van der Waals surface area contributed by atoms with E-state index in [-0.39, 0.29) is 0 Å². The van der Waals surface area contributed by atoms with Crippen LogP contribution in [0.15, 0.2) is 35.3 Å². The quantitative estimate of drug-likeness (QED) is 0.893. The van der Waals surface area contributed by atoms with E-state index in [9.17, 15) is 4.79 Å². The molecule has 0 fully saturated rings. The predicted molar refractivity (Wildman–Crippen MR) is 71.5 cm³/mol. The Balaban J connectivity index is 2.04. The van der Waals surface area contributed by atoms with E-state index in [0.717, 1.165) is 10.6 Å². The molecule has 0 amide bonds. The zero-order chi connectivity index (χ0) is 12.3. The number of aliphatic carboxylic acids is 1. The number of benzene rings is 1. The molecule has 0 saturated carbocycles. The Morgan fingerprint density at radius 2 is 2.12 bits per heavy atom. The fourth-order valence-electron chi connectivity index (χ4n) is 1.46. The van der Waals surface area contributed by atoms with E-state index in [4.69, 9.17) is 5.11 Å². The summed E-state index contributed by atoms with van der Waals surface area (Å²) in [6.45, 7) is 2.04. The molecule has 4 heteroatoms. The predicted octanol–water partition coefficient (Wildman–Crippen LogP) is 2.61. The van der Waals surface area contributed by atoms with Gasteiger partial charge in [-0.1, -0.05) is 35.9 Å². The third-order valence-corrected chi connectivity index (χ3v) is 3.47. The molecule has 1 aliphatic rings. The lowest BCUT2D eigenvalue weighted by atomic mass is 10.1. The normalized spacial score (nSPS) is 19.6. The first-order valence-electron chi connectivity index (χ1n) is 5.33. The van der Waals surface area contributed by atoms with Gasteiger partial charge in [-0.3, -0.25) is 4.99 Å². The standard InChI is InChI=1S/C13H13NO2S/c1-9-2-4-10(5-3-9)6-7-12-14-11(8-17-12)13(15)16/h2-7,11H,8H2,1H3,(H,15,16)/b7-6+/t11-/m1/s1. The molecule has 0 spiro atoms. The van der Waals surface area contributed by atoms with Crippen LogP contribution in [0.4, 0.5) is 0 Å². The van der Waals surface area contributed by atoms with Crippen LogP contribution in [-0.4, -0.2) is 27.9 Å². The Labute approximate surface area is 104 Å². The van der Waals surface area contributed by atoms with Crippen molar-refractivity contribution < 1.29 is 9.90 Å². The lowest BCUT2D eigenvalue weighted by molar-refractivity contribution is -0.137. The van der Waals surface area contributed by atoms with E-state index < -0.39 is 12.0 Å². The number of carboxylic acid groups (broad SMARTS) is 1. The number of thioether (sulfide) groups is 1. The molecule has 0 saturated heterocycles. The van der Waals surface area contributed by atoms with Crippen molar-refractivity contribution >= 4 is 28.9 Å². The molecule has 0 aliphatic carbocycles. The highest BCUT2D eigenvalue weighted by atomic mass is 32.2. The second-order valence-electron chi connectivity index (χ2n) is 3.88. The summed E-state index contributed by atoms with van der Waals surface area (Å²) in [5.74, 6) is -0.320. The van der Waals surface area contributed by atoms with Gasteiger partial charge in [0, 0.05) is 5.75 Å². The van der Waals surface area contributed by atoms with E-state index in [1.165, 1.54) is 17.3 Å². The SMILES string of the molecule is Cc1ccc(/C=C/C2=N[C@@H](C(=O)O)CS2)cc1. The van der Waals surface area contributed by atoms with Crippen LogP contribution in [0.1, 0.15) is 11.1 Å². The summed E-state index contributed by atoms with van der Waals surface area (Å²) in [6.07, 6.45) is 3.83. The molecule has 1 aromatic rings. The summed E-state index contributed by atoms with van der Waals surface area (Å²) in [7, 11) is 0. The van der Waals surface area contributed by atoms with Gasteiger partial charge in [0.2, 0.25) is 0 Å². The zero-order valence-corrected chi connectivity index (χ0v) is 10.3. The van der Waals surface area contributed by atoms with Gasteiger partial charge in [0.05, 0.1) is 5.04 Å². The molecule has 2 rings (SSSR count). The van der Waals surface area contributed by atoms with Crippen molar-refractivity contribution in [2.75, 3.05) is 5.75 Å². The maximum atomic E-state index is 10.7. The molecule has 1 aromatic carbocycles. The third-order valence-electron chi connectivity index (χ3n) is 2.45. The van der Waals surface area contributed by atoms with Gasteiger partial charge in [0.1, 0.15) is 0 Å². The summed E-state index contributed by atoms with van der Waals surface area (Å²) in [6, 6.07) is 7.56. The molecule has 3 nitrogen and oxygen atoms in total. The highest BCUT2D eigenvalue weighted by Crippen LogP contribution is 2.19. The summed E-state index contributed by atoms with van der Waals surface area (Å²) in [5, 5.41) is 9.59. The number of carboxylic acids is 1. The molecule has 1 heterocycles. The Hall–Kier alpha value is -1.55. The van der Waals surface area contributed by atoms with Crippen LogP contribution in [0, 0.1) is 6.92 Å². The van der Waals surface area contributed by atoms with Crippen molar-refractivity contribution in [3.8, 4) is 0 Å². The summed E-state index contributed by atoms with van der Waals surface area (Å²) in [4.78, 5) is 14.8. The van der Waals surface area contributed by atoms with Gasteiger partial charge >= 0.3 is 5.97 Å². The average molecular weight is 247 g/mol. The largest absolute Gasteiger partial charge is 0.480 e. The number of hydrogen-bond acceptors (Lipinski definition) is 3. The first kappa shape index (κ1) is 11.9. The first-order chi connectivity index (χ1) is 8.15. The van der Waals surface area contributed by atoms with Gasteiger partial charge < -0.3 is 5.11 Å². The topological polar surface area (TPSA) is 49.7 Å². The summed E-state index contributed by atoms with van der Waals surface area (Å²) < 4.78 is 0. The number of aryl methyl sites for hydroxylation is 1. The highest BCUT2D eigenvalue weighted by molar-refractivity contribution is 8.14. The minimum Gasteiger partial charge on any atom is -0.480 e. The Morgan fingerprint density at radius 3 is 2.71 bits per heavy atom. The van der Waals surface area contributed by atoms with Crippen LogP contribution in [-0.2, 0) is 4.79 Å². The third kappa shape index (κ3) is 3.20. The first-order valence-corrected chi connectivity index (χ1v) is 6.32. The second-order valence-corrected chi connectivity index (χ2v) is 4.92. The van der Waals surface area contributed by atoms with Gasteiger partial charge in [-0.05, 0) is 18.6 Å². The van der Waals surface area contributed by atoms with Crippen LogP contribution < -0.4 is 0 Å². The minimum absolute atomic E-state index is 0.531. The molecular weight excluding hydrogens is 234 g/mol. The number of carbonyl (C=O) groups is 1. The van der Waals surface area contributed by atoms with Crippen molar-refractivity contribution in [1.82, 2.24) is 0 Å². The molecule has 0 aromatic heterocycles. The van der Waals surface area contributed by atoms with Gasteiger partial charge in [-0.15, -0.1) is 11.8 Å². The number of hydrogen-bond donors (Lipinski definition) is 1. The zero-order valence-electron chi connectivity index (χ0n) is 9.46. The van der Waals surface area contributed by atoms with Gasteiger partial charge in [0.15, 0.2) is 6.04 Å². The maximum absolute atomic E-state index is 10.7. The molecule has 0 bridgehead atoms. The van der Waals surface area contributed by atoms with E-state index in [1.807, 2.05) is 43.3 Å². The van der Waals surface area contributed by atoms with E-state index in [1.54, 1.807) is 0 Å². The van der Waals surface area contributed by atoms with E-state index in [2.05, 4.69) is 4.99 Å². The van der Waals surface area contributed by atoms with E-state index in [0.29, 0.717) is 5.75 Å². The molecule has 17 heavy (non-hydrogen) atoms. The highest BCUT2D eigenvalue weighted by Gasteiger charge is 2.22. The monoisotopic (exact) mass is 247 g/mol. The summed E-state index contributed by atoms with van der Waals surface area (Å²) >= 11 is 1.48. The van der Waals surface area contributed by atoms with Crippen molar-refractivity contribution in [1.29, 1.82) is 0 Å². The number of aliphatic imine (C=N–C) groups is 1. The fraction of sp³-hybridized carbons (Fsp3) is 0.231. The molecule has 1 N–H and O–H groups in total. The van der Waals surface area contributed by atoms with Crippen molar-refractivity contribution in [3.63, 3.8) is 0 Å². The molecule has 88 valence electrons. The van der Waals surface area contributed by atoms with Crippen LogP contribution in [0.5, 0.6) is 0 Å². The Bertz CT molecular complexity index is 477. The van der Waals surface area contributed by atoms with Gasteiger partial charge in [-0.25, -0.2) is 4.79 Å². The van der Waals surface area contributed by atoms with Crippen molar-refractivity contribution in [2.24, 2.45) is 4.99 Å². The second kappa shape index (κ2) is 5.19. The van der Waals surface area contributed by atoms with Crippen LogP contribution in [0.3, 0.4) is 0 Å². The van der Waals surface area contributed by atoms with Gasteiger partial charge in [0.25, 0.3) is 0 Å². The van der Waals surface area contributed by atoms with Crippen LogP contribution in [0.25, 0.3) is 6.08 Å². The van der Waals surface area contributed by atoms with Crippen molar-refractivity contribution in [3.05, 3.63) is 41.5 Å². The van der Waals surface area contributed by atoms with E-state index >= 15 is 0 Å². The molecule has 1 aliphatic heterocycles. The Morgan fingerprint density at radius 1 is 1.41 bits per heavy atom. The fourth-order valence-corrected chi connectivity index (χ4v) is 2.37. The van der Waals surface area contributed by atoms with Crippen LogP contribution in [0.2, 0.25) is 0 Å². The minimum atomic E-state index is -0.851.